The van der Waals surface area contributed by atoms with E-state index in [1.807, 2.05) is 6.07 Å². The number of hydrogen-bond donors (Lipinski definition) is 1. The second-order valence-electron chi connectivity index (χ2n) is 5.92. The van der Waals surface area contributed by atoms with Gasteiger partial charge in [0.25, 0.3) is 0 Å². The number of nitrogens with zero attached hydrogens (tertiary/aromatic N) is 4. The molecule has 0 fully saturated rings. The van der Waals surface area contributed by atoms with E-state index >= 15 is 0 Å². The van der Waals surface area contributed by atoms with Crippen molar-refractivity contribution in [3.05, 3.63) is 70.2 Å². The van der Waals surface area contributed by atoms with Gasteiger partial charge in [0.15, 0.2) is 11.5 Å². The van der Waals surface area contributed by atoms with Gasteiger partial charge >= 0.3 is 0 Å². The summed E-state index contributed by atoms with van der Waals surface area (Å²) in [5.41, 5.74) is 8.33. The van der Waals surface area contributed by atoms with Gasteiger partial charge in [-0.1, -0.05) is 23.2 Å². The maximum absolute atomic E-state index is 13.4. The minimum absolute atomic E-state index is 0.0165. The predicted octanol–water partition coefficient (Wildman–Crippen LogP) is 5.26. The first kappa shape index (κ1) is 18.1. The van der Waals surface area contributed by atoms with E-state index in [4.69, 9.17) is 28.9 Å². The molecule has 8 heteroatoms. The van der Waals surface area contributed by atoms with Crippen LogP contribution >= 0.6 is 23.2 Å². The zero-order chi connectivity index (χ0) is 19.8. The van der Waals surface area contributed by atoms with Gasteiger partial charge in [0.05, 0.1) is 26.9 Å². The number of nitriles is 1. The zero-order valence-electron chi connectivity index (χ0n) is 14.1. The minimum atomic E-state index is -0.383. The van der Waals surface area contributed by atoms with Gasteiger partial charge in [0, 0.05) is 22.7 Å². The summed E-state index contributed by atoms with van der Waals surface area (Å²) < 4.78 is 13.4. The number of anilines is 1. The number of halogens is 3. The van der Waals surface area contributed by atoms with Crippen LogP contribution in [0.3, 0.4) is 0 Å². The van der Waals surface area contributed by atoms with E-state index < -0.39 is 0 Å². The summed E-state index contributed by atoms with van der Waals surface area (Å²) in [5, 5.41) is 10.8. The molecule has 4 aromatic rings. The molecule has 0 spiro atoms. The Hall–Kier alpha value is -3.27. The van der Waals surface area contributed by atoms with E-state index in [0.717, 1.165) is 0 Å². The van der Waals surface area contributed by atoms with Gasteiger partial charge in [-0.05, 0) is 42.5 Å². The Labute approximate surface area is 169 Å². The fraction of sp³-hybridized carbons (Fsp3) is 0. The van der Waals surface area contributed by atoms with Crippen molar-refractivity contribution in [3.63, 3.8) is 0 Å². The van der Waals surface area contributed by atoms with E-state index in [9.17, 15) is 9.65 Å². The molecule has 0 radical (unpaired) electrons. The van der Waals surface area contributed by atoms with Crippen molar-refractivity contribution in [1.82, 2.24) is 15.0 Å². The molecule has 28 heavy (non-hydrogen) atoms. The van der Waals surface area contributed by atoms with Gasteiger partial charge in [0.1, 0.15) is 11.9 Å². The molecule has 136 valence electrons. The minimum Gasteiger partial charge on any atom is -0.381 e. The monoisotopic (exact) mass is 409 g/mol. The Morgan fingerprint density at radius 2 is 1.64 bits per heavy atom. The number of rotatable bonds is 2. The largest absolute Gasteiger partial charge is 0.381 e. The van der Waals surface area contributed by atoms with Crippen LogP contribution in [0.25, 0.3) is 33.4 Å². The summed E-state index contributed by atoms with van der Waals surface area (Å²) in [7, 11) is 0. The van der Waals surface area contributed by atoms with Crippen molar-refractivity contribution in [2.24, 2.45) is 0 Å². The van der Waals surface area contributed by atoms with Crippen molar-refractivity contribution in [2.45, 2.75) is 0 Å². The standard InChI is InChI=1S/C20H10Cl2FN5/c21-14-5-6-26-19-13(14)7-11(8-15(19)22)18-17(10-1-3-12(23)4-2-10)28-20(25)16(9-24)27-18/h1-8H,(H2,25,28). The zero-order valence-corrected chi connectivity index (χ0v) is 15.6. The topological polar surface area (TPSA) is 88.5 Å². The molecule has 0 saturated carbocycles. The first-order valence-corrected chi connectivity index (χ1v) is 8.81. The van der Waals surface area contributed by atoms with Gasteiger partial charge in [-0.2, -0.15) is 5.26 Å². The lowest BCUT2D eigenvalue weighted by Crippen LogP contribution is -2.03. The molecule has 2 N–H and O–H groups in total. The Kier molecular flexibility index (Phi) is 4.55. The smallest absolute Gasteiger partial charge is 0.183 e. The molecule has 0 amide bonds. The molecule has 0 bridgehead atoms. The third-order valence-electron chi connectivity index (χ3n) is 4.16. The van der Waals surface area contributed by atoms with Crippen LogP contribution in [0.2, 0.25) is 10.0 Å². The lowest BCUT2D eigenvalue weighted by atomic mass is 10.0. The molecule has 0 aliphatic rings. The van der Waals surface area contributed by atoms with Gasteiger partial charge in [-0.25, -0.2) is 14.4 Å². The Bertz CT molecular complexity index is 1270. The van der Waals surface area contributed by atoms with Crippen molar-refractivity contribution in [1.29, 1.82) is 5.26 Å². The Morgan fingerprint density at radius 3 is 2.36 bits per heavy atom. The number of pyridine rings is 1. The van der Waals surface area contributed by atoms with Crippen LogP contribution in [-0.2, 0) is 0 Å². The molecule has 2 aromatic heterocycles. The number of fused-ring (bicyclic) bond motifs is 1. The van der Waals surface area contributed by atoms with Crippen LogP contribution in [0.4, 0.5) is 10.2 Å². The molecule has 0 aliphatic carbocycles. The Morgan fingerprint density at radius 1 is 0.929 bits per heavy atom. The average molecular weight is 410 g/mol. The van der Waals surface area contributed by atoms with Crippen molar-refractivity contribution in [3.8, 4) is 28.6 Å². The molecule has 2 aromatic carbocycles. The highest BCUT2D eigenvalue weighted by Gasteiger charge is 2.18. The molecule has 5 nitrogen and oxygen atoms in total. The second kappa shape index (κ2) is 7.04. The summed E-state index contributed by atoms with van der Waals surface area (Å²) in [6.07, 6.45) is 1.57. The van der Waals surface area contributed by atoms with Crippen molar-refractivity contribution in [2.75, 3.05) is 5.73 Å². The summed E-state index contributed by atoms with van der Waals surface area (Å²) in [4.78, 5) is 13.0. The maximum atomic E-state index is 13.4. The fourth-order valence-electron chi connectivity index (χ4n) is 2.86. The van der Waals surface area contributed by atoms with Gasteiger partial charge in [0.2, 0.25) is 0 Å². The highest BCUT2D eigenvalue weighted by atomic mass is 35.5. The fourth-order valence-corrected chi connectivity index (χ4v) is 3.33. The van der Waals surface area contributed by atoms with E-state index in [1.54, 1.807) is 36.5 Å². The molecule has 0 atom stereocenters. The van der Waals surface area contributed by atoms with Crippen LogP contribution in [0.1, 0.15) is 5.69 Å². The lowest BCUT2D eigenvalue weighted by molar-refractivity contribution is 0.628. The van der Waals surface area contributed by atoms with E-state index in [2.05, 4.69) is 15.0 Å². The summed E-state index contributed by atoms with van der Waals surface area (Å²) in [6, 6.07) is 12.8. The van der Waals surface area contributed by atoms with E-state index in [1.165, 1.54) is 12.1 Å². The molecule has 0 unspecified atom stereocenters. The van der Waals surface area contributed by atoms with Gasteiger partial charge in [-0.15, -0.1) is 0 Å². The number of benzene rings is 2. The van der Waals surface area contributed by atoms with Gasteiger partial charge in [-0.3, -0.25) is 4.98 Å². The predicted molar refractivity (Wildman–Crippen MR) is 107 cm³/mol. The second-order valence-corrected chi connectivity index (χ2v) is 6.73. The van der Waals surface area contributed by atoms with Crippen LogP contribution in [0, 0.1) is 17.1 Å². The summed E-state index contributed by atoms with van der Waals surface area (Å²) in [5.74, 6) is -0.399. The molecule has 2 heterocycles. The van der Waals surface area contributed by atoms with Crippen LogP contribution in [0.15, 0.2) is 48.7 Å². The number of hydrogen-bond acceptors (Lipinski definition) is 5. The molecular weight excluding hydrogens is 400 g/mol. The Balaban J connectivity index is 2.04. The van der Waals surface area contributed by atoms with Gasteiger partial charge < -0.3 is 5.73 Å². The van der Waals surface area contributed by atoms with Crippen LogP contribution in [0.5, 0.6) is 0 Å². The van der Waals surface area contributed by atoms with E-state index in [0.29, 0.717) is 43.5 Å². The normalized spacial score (nSPS) is 10.8. The number of nitrogens with two attached hydrogens (primary N) is 1. The van der Waals surface area contributed by atoms with E-state index in [-0.39, 0.29) is 17.3 Å². The summed E-state index contributed by atoms with van der Waals surface area (Å²) in [6.45, 7) is 0. The number of aromatic nitrogens is 3. The quantitative estimate of drug-likeness (QED) is 0.487. The lowest BCUT2D eigenvalue weighted by Gasteiger charge is -2.12. The summed E-state index contributed by atoms with van der Waals surface area (Å²) >= 11 is 12.7. The van der Waals surface area contributed by atoms with Crippen molar-refractivity contribution >= 4 is 39.9 Å². The third-order valence-corrected chi connectivity index (χ3v) is 4.78. The maximum Gasteiger partial charge on any atom is 0.183 e. The van der Waals surface area contributed by atoms with Crippen molar-refractivity contribution < 1.29 is 4.39 Å². The highest BCUT2D eigenvalue weighted by Crippen LogP contribution is 2.36. The highest BCUT2D eigenvalue weighted by molar-refractivity contribution is 6.39. The third kappa shape index (κ3) is 3.11. The molecule has 0 aliphatic heterocycles. The average Bonchev–Trinajstić information content (AvgIpc) is 2.69. The first-order valence-electron chi connectivity index (χ1n) is 8.05. The molecule has 0 saturated heterocycles. The first-order chi connectivity index (χ1) is 13.5. The molecular formula is C20H10Cl2FN5. The molecule has 4 rings (SSSR count). The SMILES string of the molecule is N#Cc1nc(-c2cc(Cl)c3nccc(Cl)c3c2)c(-c2ccc(F)cc2)nc1N. The van der Waals surface area contributed by atoms with Crippen LogP contribution in [-0.4, -0.2) is 15.0 Å². The van der Waals surface area contributed by atoms with Crippen LogP contribution < -0.4 is 5.73 Å². The number of nitrogen functional groups attached to an aromatic ring is 1.